The molecule has 4 heteroatoms. The molecule has 0 aliphatic rings. The highest BCUT2D eigenvalue weighted by atomic mass is 16.5. The Kier molecular flexibility index (Phi) is 7.02. The minimum atomic E-state index is -0.624. The van der Waals surface area contributed by atoms with Crippen LogP contribution in [0.5, 0.6) is 0 Å². The summed E-state index contributed by atoms with van der Waals surface area (Å²) < 4.78 is 6.84. The lowest BCUT2D eigenvalue weighted by Crippen LogP contribution is -2.38. The van der Waals surface area contributed by atoms with Crippen LogP contribution in [-0.4, -0.2) is 16.6 Å². The molecule has 1 aromatic heterocycles. The third-order valence-corrected chi connectivity index (χ3v) is 6.64. The Morgan fingerprint density at radius 1 is 0.750 bits per heavy atom. The summed E-state index contributed by atoms with van der Waals surface area (Å²) >= 11 is 0. The molecule has 1 atom stereocenters. The molecule has 36 heavy (non-hydrogen) atoms. The molecule has 5 rings (SSSR count). The topological polar surface area (TPSA) is 61.7 Å². The fraction of sp³-hybridized carbons (Fsp3) is 0.125. The first kappa shape index (κ1) is 23.3. The van der Waals surface area contributed by atoms with Crippen molar-refractivity contribution in [1.29, 1.82) is 5.26 Å². The van der Waals surface area contributed by atoms with Crippen LogP contribution in [0.4, 0.5) is 0 Å². The summed E-state index contributed by atoms with van der Waals surface area (Å²) in [5.74, 6) is 0. The van der Waals surface area contributed by atoms with Crippen molar-refractivity contribution in [3.63, 3.8) is 0 Å². The minimum absolute atomic E-state index is 0.370. The molecular formula is C32H27N3O. The Morgan fingerprint density at radius 3 is 1.72 bits per heavy atom. The smallest absolute Gasteiger partial charge is 0.117 e. The molecule has 1 N–H and O–H groups in total. The lowest BCUT2D eigenvalue weighted by atomic mass is 9.65. The van der Waals surface area contributed by atoms with Crippen LogP contribution in [0, 0.1) is 11.3 Å². The van der Waals surface area contributed by atoms with Crippen molar-refractivity contribution in [2.45, 2.75) is 17.9 Å². The van der Waals surface area contributed by atoms with Crippen LogP contribution >= 0.6 is 0 Å². The zero-order chi connectivity index (χ0) is 24.6. The van der Waals surface area contributed by atoms with Crippen LogP contribution in [0.15, 0.2) is 128 Å². The van der Waals surface area contributed by atoms with E-state index in [1.54, 1.807) is 6.33 Å². The highest BCUT2D eigenvalue weighted by Gasteiger charge is 2.46. The molecule has 1 unspecified atom stereocenters. The number of H-pyrrole nitrogens is 1. The lowest BCUT2D eigenvalue weighted by Gasteiger charge is -2.42. The van der Waals surface area contributed by atoms with Gasteiger partial charge in [0, 0.05) is 0 Å². The van der Waals surface area contributed by atoms with E-state index in [1.165, 1.54) is 0 Å². The van der Waals surface area contributed by atoms with Gasteiger partial charge in [0.2, 0.25) is 0 Å². The highest BCUT2D eigenvalue weighted by Crippen LogP contribution is 2.49. The Labute approximate surface area is 211 Å². The fourth-order valence-corrected chi connectivity index (χ4v) is 4.96. The van der Waals surface area contributed by atoms with Gasteiger partial charge in [-0.1, -0.05) is 103 Å². The molecule has 0 saturated carbocycles. The minimum Gasteiger partial charge on any atom is -0.370 e. The van der Waals surface area contributed by atoms with Gasteiger partial charge in [-0.3, -0.25) is 0 Å². The van der Waals surface area contributed by atoms with Crippen LogP contribution in [0.3, 0.4) is 0 Å². The van der Waals surface area contributed by atoms with Gasteiger partial charge in [0.05, 0.1) is 41.9 Å². The van der Waals surface area contributed by atoms with Crippen molar-refractivity contribution >= 4 is 0 Å². The number of ether oxygens (including phenoxy) is 1. The number of nitriles is 1. The lowest BCUT2D eigenvalue weighted by molar-refractivity contribution is 0.0177. The Bertz CT molecular complexity index is 1300. The van der Waals surface area contributed by atoms with E-state index in [4.69, 9.17) is 10.00 Å². The maximum absolute atomic E-state index is 9.11. The predicted octanol–water partition coefficient (Wildman–Crippen LogP) is 6.62. The zero-order valence-corrected chi connectivity index (χ0v) is 19.9. The van der Waals surface area contributed by atoms with Crippen LogP contribution in [0.2, 0.25) is 0 Å². The zero-order valence-electron chi connectivity index (χ0n) is 19.9. The van der Waals surface area contributed by atoms with Crippen molar-refractivity contribution in [1.82, 2.24) is 9.97 Å². The van der Waals surface area contributed by atoms with Crippen LogP contribution in [0.1, 0.15) is 39.6 Å². The van der Waals surface area contributed by atoms with E-state index in [1.807, 2.05) is 48.7 Å². The van der Waals surface area contributed by atoms with Gasteiger partial charge in [0.15, 0.2) is 0 Å². The first-order chi connectivity index (χ1) is 17.8. The summed E-state index contributed by atoms with van der Waals surface area (Å²) in [6.45, 7) is 0.504. The largest absolute Gasteiger partial charge is 0.370 e. The molecule has 4 nitrogen and oxygen atoms in total. The molecule has 0 bridgehead atoms. The second kappa shape index (κ2) is 10.9. The van der Waals surface area contributed by atoms with Gasteiger partial charge in [-0.25, -0.2) is 4.98 Å². The molecule has 4 aromatic carbocycles. The molecule has 1 heterocycles. The number of imidazole rings is 1. The van der Waals surface area contributed by atoms with Gasteiger partial charge in [-0.15, -0.1) is 0 Å². The monoisotopic (exact) mass is 469 g/mol. The molecule has 0 amide bonds. The molecule has 0 radical (unpaired) electrons. The van der Waals surface area contributed by atoms with Gasteiger partial charge < -0.3 is 9.72 Å². The molecule has 0 aliphatic carbocycles. The molecular weight excluding hydrogens is 442 g/mol. The van der Waals surface area contributed by atoms with E-state index in [0.717, 1.165) is 34.4 Å². The Balaban J connectivity index is 1.64. The average molecular weight is 470 g/mol. The fourth-order valence-electron chi connectivity index (χ4n) is 4.96. The van der Waals surface area contributed by atoms with E-state index in [0.29, 0.717) is 12.2 Å². The van der Waals surface area contributed by atoms with E-state index < -0.39 is 5.41 Å². The van der Waals surface area contributed by atoms with Gasteiger partial charge in [-0.05, 0) is 40.8 Å². The van der Waals surface area contributed by atoms with Crippen molar-refractivity contribution in [2.75, 3.05) is 6.61 Å². The number of rotatable bonds is 9. The number of hydrogen-bond donors (Lipinski definition) is 1. The molecule has 0 aliphatic heterocycles. The van der Waals surface area contributed by atoms with Crippen molar-refractivity contribution in [2.24, 2.45) is 0 Å². The molecule has 0 fully saturated rings. The van der Waals surface area contributed by atoms with Crippen molar-refractivity contribution in [3.05, 3.63) is 161 Å². The van der Waals surface area contributed by atoms with E-state index >= 15 is 0 Å². The first-order valence-corrected chi connectivity index (χ1v) is 12.1. The van der Waals surface area contributed by atoms with E-state index in [9.17, 15) is 0 Å². The van der Waals surface area contributed by atoms with Crippen LogP contribution in [-0.2, 0) is 16.6 Å². The second-order valence-electron chi connectivity index (χ2n) is 8.72. The number of aromatic nitrogens is 2. The summed E-state index contributed by atoms with van der Waals surface area (Å²) in [6.07, 6.45) is 3.92. The third kappa shape index (κ3) is 4.57. The van der Waals surface area contributed by atoms with Gasteiger partial charge in [0.25, 0.3) is 0 Å². The SMILES string of the molecule is N#Cc1ccc(CCOC(c2cnc[nH]2)C(c2ccccc2)(c2ccccc2)c2ccccc2)cc1. The normalized spacial score (nSPS) is 12.1. The number of benzene rings is 4. The Morgan fingerprint density at radius 2 is 1.28 bits per heavy atom. The van der Waals surface area contributed by atoms with Crippen LogP contribution < -0.4 is 0 Å². The van der Waals surface area contributed by atoms with Gasteiger partial charge in [0.1, 0.15) is 6.10 Å². The predicted molar refractivity (Wildman–Crippen MR) is 141 cm³/mol. The maximum Gasteiger partial charge on any atom is 0.117 e. The summed E-state index contributed by atoms with van der Waals surface area (Å²) in [7, 11) is 0. The molecule has 176 valence electrons. The number of nitrogens with one attached hydrogen (secondary N) is 1. The third-order valence-electron chi connectivity index (χ3n) is 6.64. The first-order valence-electron chi connectivity index (χ1n) is 12.1. The molecule has 0 saturated heterocycles. The maximum atomic E-state index is 9.11. The quantitative estimate of drug-likeness (QED) is 0.247. The highest BCUT2D eigenvalue weighted by molar-refractivity contribution is 5.53. The number of nitrogens with zero attached hydrogens (tertiary/aromatic N) is 2. The summed E-state index contributed by atoms with van der Waals surface area (Å²) in [6, 6.07) is 41.5. The molecule has 0 spiro atoms. The summed E-state index contributed by atoms with van der Waals surface area (Å²) in [4.78, 5) is 7.70. The summed E-state index contributed by atoms with van der Waals surface area (Å²) in [5.41, 5.74) is 5.49. The Hall–Kier alpha value is -4.46. The van der Waals surface area contributed by atoms with E-state index in [2.05, 4.69) is 88.8 Å². The number of hydrogen-bond acceptors (Lipinski definition) is 3. The summed E-state index contributed by atoms with van der Waals surface area (Å²) in [5, 5.41) is 9.11. The van der Waals surface area contributed by atoms with E-state index in [-0.39, 0.29) is 6.10 Å². The van der Waals surface area contributed by atoms with Gasteiger partial charge in [-0.2, -0.15) is 5.26 Å². The average Bonchev–Trinajstić information content (AvgIpc) is 3.49. The standard InChI is InChI=1S/C32H27N3O/c33-22-26-18-16-25(17-19-26)20-21-36-31(30-23-34-24-35-30)32(27-10-4-1-5-11-27,28-12-6-2-7-13-28)29-14-8-3-9-15-29/h1-19,23-24,31H,20-21H2,(H,34,35). The van der Waals surface area contributed by atoms with Crippen LogP contribution in [0.25, 0.3) is 0 Å². The van der Waals surface area contributed by atoms with Crippen molar-refractivity contribution in [3.8, 4) is 6.07 Å². The van der Waals surface area contributed by atoms with Gasteiger partial charge >= 0.3 is 0 Å². The number of aromatic amines is 1. The molecule has 5 aromatic rings. The second-order valence-corrected chi connectivity index (χ2v) is 8.72. The van der Waals surface area contributed by atoms with Crippen molar-refractivity contribution < 1.29 is 4.74 Å².